The maximum absolute atomic E-state index is 10.7. The maximum atomic E-state index is 10.7. The van der Waals surface area contributed by atoms with Crippen molar-refractivity contribution in [2.75, 3.05) is 12.9 Å². The van der Waals surface area contributed by atoms with Crippen LogP contribution in [0.25, 0.3) is 0 Å². The molecule has 18 heavy (non-hydrogen) atoms. The van der Waals surface area contributed by atoms with Gasteiger partial charge in [-0.15, -0.1) is 0 Å². The van der Waals surface area contributed by atoms with Gasteiger partial charge in [0.25, 0.3) is 0 Å². The summed E-state index contributed by atoms with van der Waals surface area (Å²) in [5.41, 5.74) is 0.810. The normalized spacial score (nSPS) is 25.7. The van der Waals surface area contributed by atoms with Gasteiger partial charge in [0.15, 0.2) is 5.75 Å². The Bertz CT molecular complexity index is 411. The Balaban J connectivity index is 2.39. The first kappa shape index (κ1) is 13.7. The van der Waals surface area contributed by atoms with Crippen molar-refractivity contribution in [1.29, 1.82) is 0 Å². The minimum absolute atomic E-state index is 0.125. The first-order valence-electron chi connectivity index (χ1n) is 6.43. The van der Waals surface area contributed by atoms with Gasteiger partial charge in [-0.2, -0.15) is 16.9 Å². The van der Waals surface area contributed by atoms with Crippen LogP contribution in [0.15, 0.2) is 6.20 Å². The van der Waals surface area contributed by atoms with Crippen molar-refractivity contribution < 1.29 is 9.84 Å². The molecule has 0 spiro atoms. The molecule has 0 aromatic carbocycles. The van der Waals surface area contributed by atoms with E-state index in [-0.39, 0.29) is 10.8 Å². The zero-order chi connectivity index (χ0) is 13.3. The number of ether oxygens (including phenoxy) is 1. The molecule has 0 saturated carbocycles. The smallest absolute Gasteiger partial charge is 0.162 e. The van der Waals surface area contributed by atoms with Crippen LogP contribution in [-0.4, -0.2) is 32.5 Å². The summed E-state index contributed by atoms with van der Waals surface area (Å²) in [7, 11) is 1.63. The molecule has 4 nitrogen and oxygen atoms in total. The largest absolute Gasteiger partial charge is 0.493 e. The molecule has 2 rings (SSSR count). The number of hydrogen-bond donors (Lipinski definition) is 1. The van der Waals surface area contributed by atoms with Crippen molar-refractivity contribution in [3.63, 3.8) is 0 Å². The molecule has 1 aliphatic heterocycles. The molecule has 102 valence electrons. The molecule has 0 bridgehead atoms. The predicted octanol–water partition coefficient (Wildman–Crippen LogP) is 2.79. The minimum Gasteiger partial charge on any atom is -0.493 e. The molecule has 1 aromatic rings. The lowest BCUT2D eigenvalue weighted by molar-refractivity contribution is 0.120. The topological polar surface area (TPSA) is 47.3 Å². The molecule has 0 aliphatic carbocycles. The Morgan fingerprint density at radius 2 is 2.28 bits per heavy atom. The third kappa shape index (κ3) is 2.26. The van der Waals surface area contributed by atoms with Crippen LogP contribution in [0.2, 0.25) is 0 Å². The summed E-state index contributed by atoms with van der Waals surface area (Å²) in [4.78, 5) is 0. The van der Waals surface area contributed by atoms with E-state index in [9.17, 15) is 5.11 Å². The highest BCUT2D eigenvalue weighted by atomic mass is 32.2. The van der Waals surface area contributed by atoms with E-state index in [2.05, 4.69) is 25.9 Å². The van der Waals surface area contributed by atoms with E-state index < -0.39 is 6.10 Å². The molecule has 1 aliphatic rings. The van der Waals surface area contributed by atoms with Crippen molar-refractivity contribution in [3.8, 4) is 5.75 Å². The quantitative estimate of drug-likeness (QED) is 0.914. The maximum Gasteiger partial charge on any atom is 0.162 e. The molecule has 1 saturated heterocycles. The average molecular weight is 270 g/mol. The highest BCUT2D eigenvalue weighted by Gasteiger charge is 2.41. The molecule has 0 amide bonds. The van der Waals surface area contributed by atoms with E-state index in [1.165, 1.54) is 0 Å². The van der Waals surface area contributed by atoms with E-state index in [0.29, 0.717) is 5.75 Å². The highest BCUT2D eigenvalue weighted by Crippen LogP contribution is 2.48. The van der Waals surface area contributed by atoms with Crippen LogP contribution in [-0.2, 0) is 0 Å². The molecule has 2 heterocycles. The van der Waals surface area contributed by atoms with Gasteiger partial charge in [-0.1, -0.05) is 0 Å². The monoisotopic (exact) mass is 270 g/mol. The Labute approximate surface area is 113 Å². The Morgan fingerprint density at radius 3 is 2.78 bits per heavy atom. The average Bonchev–Trinajstić information content (AvgIpc) is 2.94. The molecule has 1 N–H and O–H groups in total. The summed E-state index contributed by atoms with van der Waals surface area (Å²) in [6.07, 6.45) is 3.35. The van der Waals surface area contributed by atoms with Crippen molar-refractivity contribution in [2.45, 2.75) is 50.5 Å². The molecule has 1 aromatic heterocycles. The highest BCUT2D eigenvalue weighted by molar-refractivity contribution is 8.00. The fourth-order valence-electron chi connectivity index (χ4n) is 2.49. The van der Waals surface area contributed by atoms with E-state index in [4.69, 9.17) is 4.74 Å². The van der Waals surface area contributed by atoms with Gasteiger partial charge in [-0.05, 0) is 39.4 Å². The van der Waals surface area contributed by atoms with Gasteiger partial charge in [0.2, 0.25) is 0 Å². The number of thioether (sulfide) groups is 1. The predicted molar refractivity (Wildman–Crippen MR) is 74.2 cm³/mol. The minimum atomic E-state index is -0.537. The SMILES string of the molecule is COc1cnn(C(C)C)c1C(O)C1(C)CCCS1. The van der Waals surface area contributed by atoms with Crippen LogP contribution in [0.5, 0.6) is 5.75 Å². The van der Waals surface area contributed by atoms with Crippen LogP contribution >= 0.6 is 11.8 Å². The third-order valence-corrected chi connectivity index (χ3v) is 5.17. The van der Waals surface area contributed by atoms with Crippen LogP contribution < -0.4 is 4.74 Å². The summed E-state index contributed by atoms with van der Waals surface area (Å²) in [5.74, 6) is 1.80. The molecular weight excluding hydrogens is 248 g/mol. The van der Waals surface area contributed by atoms with Crippen molar-refractivity contribution in [2.24, 2.45) is 0 Å². The molecule has 1 fully saturated rings. The zero-order valence-electron chi connectivity index (χ0n) is 11.5. The summed E-state index contributed by atoms with van der Waals surface area (Å²) in [6, 6.07) is 0.216. The molecular formula is C13H22N2O2S. The van der Waals surface area contributed by atoms with Crippen molar-refractivity contribution in [3.05, 3.63) is 11.9 Å². The Morgan fingerprint density at radius 1 is 1.56 bits per heavy atom. The standard InChI is InChI=1S/C13H22N2O2S/c1-9(2)15-11(10(17-4)8-14-15)12(16)13(3)6-5-7-18-13/h8-9,12,16H,5-7H2,1-4H3. The third-order valence-electron chi connectivity index (χ3n) is 3.59. The second kappa shape index (κ2) is 5.13. The summed E-state index contributed by atoms with van der Waals surface area (Å²) < 4.78 is 7.09. The summed E-state index contributed by atoms with van der Waals surface area (Å²) >= 11 is 1.84. The van der Waals surface area contributed by atoms with E-state index >= 15 is 0 Å². The zero-order valence-corrected chi connectivity index (χ0v) is 12.3. The molecule has 5 heteroatoms. The Hall–Kier alpha value is -0.680. The van der Waals surface area contributed by atoms with Gasteiger partial charge in [0, 0.05) is 10.8 Å². The van der Waals surface area contributed by atoms with Crippen LogP contribution in [0.3, 0.4) is 0 Å². The lowest BCUT2D eigenvalue weighted by atomic mass is 9.95. The van der Waals surface area contributed by atoms with E-state index in [1.54, 1.807) is 13.3 Å². The summed E-state index contributed by atoms with van der Waals surface area (Å²) in [5, 5.41) is 15.1. The second-order valence-corrected chi connectivity index (χ2v) is 6.93. The van der Waals surface area contributed by atoms with E-state index in [0.717, 1.165) is 24.3 Å². The van der Waals surface area contributed by atoms with Crippen molar-refractivity contribution >= 4 is 11.8 Å². The van der Waals surface area contributed by atoms with Gasteiger partial charge < -0.3 is 9.84 Å². The Kier molecular flexibility index (Phi) is 3.92. The molecule has 2 unspecified atom stereocenters. The summed E-state index contributed by atoms with van der Waals surface area (Å²) in [6.45, 7) is 6.26. The number of aromatic nitrogens is 2. The number of aliphatic hydroxyl groups excluding tert-OH is 1. The first-order chi connectivity index (χ1) is 8.49. The first-order valence-corrected chi connectivity index (χ1v) is 7.41. The second-order valence-electron chi connectivity index (χ2n) is 5.30. The van der Waals surface area contributed by atoms with Crippen molar-refractivity contribution in [1.82, 2.24) is 9.78 Å². The number of methoxy groups -OCH3 is 1. The number of rotatable bonds is 4. The van der Waals surface area contributed by atoms with Gasteiger partial charge in [-0.25, -0.2) is 0 Å². The van der Waals surface area contributed by atoms with Crippen LogP contribution in [0.4, 0.5) is 0 Å². The van der Waals surface area contributed by atoms with Crippen LogP contribution in [0.1, 0.15) is 51.5 Å². The number of nitrogens with zero attached hydrogens (tertiary/aromatic N) is 2. The fourth-order valence-corrected chi connectivity index (χ4v) is 3.80. The van der Waals surface area contributed by atoms with Gasteiger partial charge in [-0.3, -0.25) is 4.68 Å². The molecule has 0 radical (unpaired) electrons. The van der Waals surface area contributed by atoms with Crippen LogP contribution in [0, 0.1) is 0 Å². The van der Waals surface area contributed by atoms with Gasteiger partial charge >= 0.3 is 0 Å². The number of aliphatic hydroxyl groups is 1. The molecule has 2 atom stereocenters. The van der Waals surface area contributed by atoms with Gasteiger partial charge in [0.05, 0.1) is 13.3 Å². The fraction of sp³-hybridized carbons (Fsp3) is 0.769. The lowest BCUT2D eigenvalue weighted by Gasteiger charge is -2.30. The lowest BCUT2D eigenvalue weighted by Crippen LogP contribution is -2.29. The van der Waals surface area contributed by atoms with Gasteiger partial charge in [0.1, 0.15) is 11.8 Å². The van der Waals surface area contributed by atoms with E-state index in [1.807, 2.05) is 16.4 Å². The number of hydrogen-bond acceptors (Lipinski definition) is 4.